The number of fused-ring (bicyclic) bond motifs is 5. The van der Waals surface area contributed by atoms with Crippen LogP contribution in [0.1, 0.15) is 92.9 Å². The molecular formula is C35H58O12. The van der Waals surface area contributed by atoms with Gasteiger partial charge < -0.3 is 55.4 Å². The predicted molar refractivity (Wildman–Crippen MR) is 168 cm³/mol. The van der Waals surface area contributed by atoms with Crippen LogP contribution in [0.25, 0.3) is 0 Å². The molecule has 0 radical (unpaired) electrons. The summed E-state index contributed by atoms with van der Waals surface area (Å²) in [4.78, 5) is 13.5. The Hall–Kier alpha value is -1.03. The highest BCUT2D eigenvalue weighted by molar-refractivity contribution is 5.95. The zero-order chi connectivity index (χ0) is 35.1. The molecule has 4 fully saturated rings. The lowest BCUT2D eigenvalue weighted by Crippen LogP contribution is -2.63. The van der Waals surface area contributed by atoms with E-state index in [1.807, 2.05) is 20.8 Å². The Morgan fingerprint density at radius 1 is 1.00 bits per heavy atom. The standard InChI is InChI=1S/C35H58O12/c1-7-17(31(2,3)47-30-29(43)28(42)27(41)24(16-36)46-30)12-26(40)34(6,44)25-9-11-35(45)19-13-21(37)20-14-22(38)23(39)15-32(20,4)18(19)8-10-33(25,35)5/h13,17-18,20,22-30,36,38-45H,7-12,14-16H2,1-6H3/t17?,18-,20-,22+,23-,24+,25-,26+,27+,28-,29+,30-,32+,33+,34+,35+/m0/s1. The van der Waals surface area contributed by atoms with Gasteiger partial charge >= 0.3 is 0 Å². The number of ether oxygens (including phenoxy) is 2. The summed E-state index contributed by atoms with van der Waals surface area (Å²) in [6.45, 7) is 10.3. The van der Waals surface area contributed by atoms with E-state index in [-0.39, 0.29) is 36.9 Å². The van der Waals surface area contributed by atoms with Crippen molar-refractivity contribution in [1.29, 1.82) is 0 Å². The number of hydrogen-bond acceptors (Lipinski definition) is 12. The normalized spacial score (nSPS) is 48.1. The minimum absolute atomic E-state index is 0.0999. The average Bonchev–Trinajstić information content (AvgIpc) is 3.29. The molecule has 0 spiro atoms. The van der Waals surface area contributed by atoms with Gasteiger partial charge in [-0.25, -0.2) is 0 Å². The van der Waals surface area contributed by atoms with Gasteiger partial charge in [-0.15, -0.1) is 0 Å². The molecule has 1 aliphatic heterocycles. The topological polar surface area (TPSA) is 218 Å². The van der Waals surface area contributed by atoms with E-state index in [0.717, 1.165) is 0 Å². The summed E-state index contributed by atoms with van der Waals surface area (Å²) in [5.74, 6) is -1.65. The molecule has 0 aromatic heterocycles. The lowest BCUT2D eigenvalue weighted by atomic mass is 9.45. The number of aliphatic hydroxyl groups is 9. The van der Waals surface area contributed by atoms with Crippen molar-refractivity contribution in [3.63, 3.8) is 0 Å². The van der Waals surface area contributed by atoms with Crippen LogP contribution in [0, 0.1) is 34.5 Å². The van der Waals surface area contributed by atoms with Crippen LogP contribution in [0.15, 0.2) is 11.6 Å². The first-order chi connectivity index (χ1) is 21.7. The fraction of sp³-hybridized carbons (Fsp3) is 0.914. The highest BCUT2D eigenvalue weighted by Gasteiger charge is 2.69. The molecule has 12 nitrogen and oxygen atoms in total. The van der Waals surface area contributed by atoms with Crippen LogP contribution in [-0.4, -0.2) is 124 Å². The van der Waals surface area contributed by atoms with Gasteiger partial charge in [0.2, 0.25) is 0 Å². The van der Waals surface area contributed by atoms with Crippen molar-refractivity contribution < 1.29 is 60.2 Å². The number of allylic oxidation sites excluding steroid dienone is 1. The Balaban J connectivity index is 1.35. The monoisotopic (exact) mass is 670 g/mol. The summed E-state index contributed by atoms with van der Waals surface area (Å²) in [5.41, 5.74) is -4.92. The number of rotatable bonds is 9. The second kappa shape index (κ2) is 12.6. The van der Waals surface area contributed by atoms with Crippen molar-refractivity contribution in [2.24, 2.45) is 34.5 Å². The van der Waals surface area contributed by atoms with E-state index in [1.54, 1.807) is 26.8 Å². The molecule has 270 valence electrons. The van der Waals surface area contributed by atoms with Crippen molar-refractivity contribution in [3.8, 4) is 0 Å². The zero-order valence-corrected chi connectivity index (χ0v) is 28.6. The third kappa shape index (κ3) is 5.77. The van der Waals surface area contributed by atoms with Crippen molar-refractivity contribution in [1.82, 2.24) is 0 Å². The SMILES string of the molecule is CCC(C[C@@H](O)[C@](C)(O)[C@H]1CC[C@@]2(O)C3=CC(=O)[C@@H]4C[C@@H](O)[C@@H](O)C[C@]4(C)[C@H]3CC[C@]12C)C(C)(C)O[C@@H]1O[C@H](CO)[C@@H](O)[C@H](O)[C@H]1O. The largest absolute Gasteiger partial charge is 0.394 e. The molecule has 4 aliphatic carbocycles. The van der Waals surface area contributed by atoms with Crippen LogP contribution in [0.3, 0.4) is 0 Å². The molecule has 16 atom stereocenters. The van der Waals surface area contributed by atoms with Crippen molar-refractivity contribution in [2.75, 3.05) is 6.61 Å². The fourth-order valence-corrected chi connectivity index (χ4v) is 10.6. The van der Waals surface area contributed by atoms with E-state index in [2.05, 4.69) is 0 Å². The number of ketones is 1. The van der Waals surface area contributed by atoms with E-state index in [0.29, 0.717) is 37.7 Å². The van der Waals surface area contributed by atoms with Gasteiger partial charge in [0.25, 0.3) is 0 Å². The highest BCUT2D eigenvalue weighted by Crippen LogP contribution is 2.68. The van der Waals surface area contributed by atoms with E-state index in [1.165, 1.54) is 0 Å². The van der Waals surface area contributed by atoms with Crippen molar-refractivity contribution in [2.45, 2.75) is 159 Å². The average molecular weight is 671 g/mol. The smallest absolute Gasteiger partial charge is 0.187 e. The molecule has 12 heteroatoms. The van der Waals surface area contributed by atoms with Crippen LogP contribution in [0.4, 0.5) is 0 Å². The number of aliphatic hydroxyl groups excluding tert-OH is 7. The summed E-state index contributed by atoms with van der Waals surface area (Å²) >= 11 is 0. The molecule has 0 aromatic carbocycles. The lowest BCUT2D eigenvalue weighted by Gasteiger charge is -2.60. The van der Waals surface area contributed by atoms with Crippen molar-refractivity contribution in [3.05, 3.63) is 11.6 Å². The Morgan fingerprint density at radius 3 is 2.28 bits per heavy atom. The number of carbonyl (C=O) groups excluding carboxylic acids is 1. The summed E-state index contributed by atoms with van der Waals surface area (Å²) in [6, 6.07) is 0. The lowest BCUT2D eigenvalue weighted by molar-refractivity contribution is -0.329. The van der Waals surface area contributed by atoms with Crippen LogP contribution in [0.2, 0.25) is 0 Å². The summed E-state index contributed by atoms with van der Waals surface area (Å²) < 4.78 is 11.7. The highest BCUT2D eigenvalue weighted by atomic mass is 16.7. The minimum Gasteiger partial charge on any atom is -0.394 e. The molecular weight excluding hydrogens is 612 g/mol. The van der Waals surface area contributed by atoms with Gasteiger partial charge in [0.15, 0.2) is 12.1 Å². The van der Waals surface area contributed by atoms with Crippen LogP contribution in [0.5, 0.6) is 0 Å². The summed E-state index contributed by atoms with van der Waals surface area (Å²) in [6.07, 6.45) is -5.81. The first-order valence-corrected chi connectivity index (χ1v) is 17.4. The Labute approximate surface area is 277 Å². The number of carbonyl (C=O) groups is 1. The van der Waals surface area contributed by atoms with Gasteiger partial charge in [-0.2, -0.15) is 0 Å². The molecule has 0 bridgehead atoms. The van der Waals surface area contributed by atoms with Crippen molar-refractivity contribution >= 4 is 5.78 Å². The summed E-state index contributed by atoms with van der Waals surface area (Å²) in [5, 5.41) is 97.9. The maximum Gasteiger partial charge on any atom is 0.187 e. The molecule has 9 N–H and O–H groups in total. The second-order valence-electron chi connectivity index (χ2n) is 16.6. The maximum atomic E-state index is 13.5. The van der Waals surface area contributed by atoms with E-state index >= 15 is 0 Å². The third-order valence-corrected chi connectivity index (χ3v) is 13.7. The molecule has 0 amide bonds. The summed E-state index contributed by atoms with van der Waals surface area (Å²) in [7, 11) is 0. The third-order valence-electron chi connectivity index (χ3n) is 13.7. The van der Waals surface area contributed by atoms with Gasteiger partial charge in [-0.05, 0) is 101 Å². The van der Waals surface area contributed by atoms with Gasteiger partial charge in [0.05, 0.1) is 41.7 Å². The van der Waals surface area contributed by atoms with Gasteiger partial charge in [-0.3, -0.25) is 4.79 Å². The van der Waals surface area contributed by atoms with Gasteiger partial charge in [-0.1, -0.05) is 27.2 Å². The minimum atomic E-state index is -1.64. The van der Waals surface area contributed by atoms with E-state index in [9.17, 15) is 50.8 Å². The fourth-order valence-electron chi connectivity index (χ4n) is 10.6. The van der Waals surface area contributed by atoms with E-state index < -0.39 is 95.1 Å². The van der Waals surface area contributed by atoms with Gasteiger partial charge in [0, 0.05) is 11.3 Å². The van der Waals surface area contributed by atoms with E-state index in [4.69, 9.17) is 9.47 Å². The Morgan fingerprint density at radius 2 is 1.66 bits per heavy atom. The van der Waals surface area contributed by atoms with Crippen LogP contribution in [-0.2, 0) is 14.3 Å². The van der Waals surface area contributed by atoms with Crippen LogP contribution >= 0.6 is 0 Å². The Kier molecular flexibility index (Phi) is 10.0. The molecule has 5 rings (SSSR count). The Bertz CT molecular complexity index is 1200. The maximum absolute atomic E-state index is 13.5. The molecule has 1 heterocycles. The molecule has 1 saturated heterocycles. The first kappa shape index (κ1) is 37.2. The number of hydrogen-bond donors (Lipinski definition) is 9. The first-order valence-electron chi connectivity index (χ1n) is 17.4. The quantitative estimate of drug-likeness (QED) is 0.162. The van der Waals surface area contributed by atoms with Crippen LogP contribution < -0.4 is 0 Å². The molecule has 0 aromatic rings. The van der Waals surface area contributed by atoms with Gasteiger partial charge in [0.1, 0.15) is 24.4 Å². The molecule has 5 aliphatic rings. The molecule has 1 unspecified atom stereocenters. The molecule has 47 heavy (non-hydrogen) atoms. The zero-order valence-electron chi connectivity index (χ0n) is 28.6. The predicted octanol–water partition coefficient (Wildman–Crippen LogP) is 0.314. The molecule has 3 saturated carbocycles. The second-order valence-corrected chi connectivity index (χ2v) is 16.6.